The van der Waals surface area contributed by atoms with Gasteiger partial charge in [-0.25, -0.2) is 9.97 Å². The van der Waals surface area contributed by atoms with Gasteiger partial charge in [0.25, 0.3) is 5.88 Å². The van der Waals surface area contributed by atoms with E-state index >= 15 is 0 Å². The van der Waals surface area contributed by atoms with Crippen LogP contribution >= 0.6 is 22.6 Å². The van der Waals surface area contributed by atoms with Crippen LogP contribution in [0.2, 0.25) is 0 Å². The van der Waals surface area contributed by atoms with E-state index in [1.165, 1.54) is 6.20 Å². The Bertz CT molecular complexity index is 278. The molecule has 0 amide bonds. The summed E-state index contributed by atoms with van der Waals surface area (Å²) in [5.41, 5.74) is 0. The van der Waals surface area contributed by atoms with E-state index in [1.54, 1.807) is 22.6 Å². The van der Waals surface area contributed by atoms with Gasteiger partial charge in [0.15, 0.2) is 3.70 Å². The van der Waals surface area contributed by atoms with E-state index in [4.69, 9.17) is 0 Å². The molecule has 1 rings (SSSR count). The summed E-state index contributed by atoms with van der Waals surface area (Å²) >= 11 is 1.60. The van der Waals surface area contributed by atoms with Crippen molar-refractivity contribution in [1.82, 2.24) is 9.97 Å². The van der Waals surface area contributed by atoms with Crippen LogP contribution < -0.4 is 4.74 Å². The number of hydrogen-bond donors (Lipinski definition) is 0. The Balaban J connectivity index is 2.83. The lowest BCUT2D eigenvalue weighted by atomic mass is 10.7. The Morgan fingerprint density at radius 3 is 2.33 bits per heavy atom. The normalized spacial score (nSPS) is 11.3. The summed E-state index contributed by atoms with van der Waals surface area (Å²) in [5.74, 6) is -0.523. The molecule has 0 unspecified atom stereocenters. The van der Waals surface area contributed by atoms with Crippen molar-refractivity contribution in [2.45, 2.75) is 6.36 Å². The average molecular weight is 290 g/mol. The molecule has 0 N–H and O–H groups in total. The van der Waals surface area contributed by atoms with Gasteiger partial charge in [0.2, 0.25) is 0 Å². The molecule has 0 radical (unpaired) electrons. The van der Waals surface area contributed by atoms with Crippen molar-refractivity contribution >= 4 is 22.6 Å². The molecular formula is C5H2F3IN2O. The third-order valence-corrected chi connectivity index (χ3v) is 1.58. The van der Waals surface area contributed by atoms with Crippen LogP contribution in [0.5, 0.6) is 5.88 Å². The Morgan fingerprint density at radius 2 is 1.83 bits per heavy atom. The fraction of sp³-hybridized carbons (Fsp3) is 0.200. The maximum absolute atomic E-state index is 11.6. The molecule has 1 aromatic rings. The van der Waals surface area contributed by atoms with Gasteiger partial charge in [0, 0.05) is 12.4 Å². The first-order valence-electron chi connectivity index (χ1n) is 2.71. The van der Waals surface area contributed by atoms with Crippen LogP contribution in [0, 0.1) is 3.70 Å². The van der Waals surface area contributed by atoms with E-state index in [0.717, 1.165) is 6.20 Å². The zero-order valence-corrected chi connectivity index (χ0v) is 7.63. The molecule has 0 aliphatic carbocycles. The summed E-state index contributed by atoms with van der Waals surface area (Å²) in [6.07, 6.45) is -2.30. The molecule has 0 spiro atoms. The SMILES string of the molecule is FC(F)(F)Oc1nccnc1I. The van der Waals surface area contributed by atoms with Gasteiger partial charge in [-0.05, 0) is 22.6 Å². The maximum atomic E-state index is 11.6. The van der Waals surface area contributed by atoms with Gasteiger partial charge in [-0.1, -0.05) is 0 Å². The zero-order valence-electron chi connectivity index (χ0n) is 5.47. The van der Waals surface area contributed by atoms with Crippen LogP contribution in [-0.4, -0.2) is 16.3 Å². The van der Waals surface area contributed by atoms with Gasteiger partial charge in [0.05, 0.1) is 0 Å². The predicted octanol–water partition coefficient (Wildman–Crippen LogP) is 1.98. The molecule has 0 aliphatic rings. The van der Waals surface area contributed by atoms with Crippen molar-refractivity contribution in [3.8, 4) is 5.88 Å². The van der Waals surface area contributed by atoms with Gasteiger partial charge < -0.3 is 4.74 Å². The quantitative estimate of drug-likeness (QED) is 0.742. The van der Waals surface area contributed by atoms with E-state index in [1.807, 2.05) is 0 Å². The molecule has 0 saturated carbocycles. The number of halogens is 4. The van der Waals surface area contributed by atoms with Crippen molar-refractivity contribution < 1.29 is 17.9 Å². The zero-order chi connectivity index (χ0) is 9.19. The minimum atomic E-state index is -4.71. The number of aromatic nitrogens is 2. The molecule has 7 heteroatoms. The summed E-state index contributed by atoms with van der Waals surface area (Å²) in [7, 11) is 0. The number of rotatable bonds is 1. The first-order chi connectivity index (χ1) is 5.49. The second kappa shape index (κ2) is 3.42. The minimum absolute atomic E-state index is 0.0763. The summed E-state index contributed by atoms with van der Waals surface area (Å²) in [6.45, 7) is 0. The van der Waals surface area contributed by atoms with E-state index in [0.29, 0.717) is 0 Å². The average Bonchev–Trinajstić information content (AvgIpc) is 1.91. The molecule has 0 bridgehead atoms. The lowest BCUT2D eigenvalue weighted by molar-refractivity contribution is -0.276. The summed E-state index contributed by atoms with van der Waals surface area (Å²) < 4.78 is 38.5. The molecule has 0 saturated heterocycles. The number of ether oxygens (including phenoxy) is 1. The molecule has 0 atom stereocenters. The summed E-state index contributed by atoms with van der Waals surface area (Å²) in [6, 6.07) is 0. The maximum Gasteiger partial charge on any atom is 0.574 e. The molecular weight excluding hydrogens is 288 g/mol. The monoisotopic (exact) mass is 290 g/mol. The molecule has 1 heterocycles. The molecule has 0 aromatic carbocycles. The van der Waals surface area contributed by atoms with Crippen LogP contribution in [-0.2, 0) is 0 Å². The van der Waals surface area contributed by atoms with Crippen molar-refractivity contribution in [1.29, 1.82) is 0 Å². The van der Waals surface area contributed by atoms with E-state index < -0.39 is 12.2 Å². The third-order valence-electron chi connectivity index (χ3n) is 0.835. The molecule has 1 aromatic heterocycles. The van der Waals surface area contributed by atoms with Crippen LogP contribution in [0.1, 0.15) is 0 Å². The van der Waals surface area contributed by atoms with Gasteiger partial charge in [-0.3, -0.25) is 0 Å². The predicted molar refractivity (Wildman–Crippen MR) is 41.4 cm³/mol. The van der Waals surface area contributed by atoms with Crippen molar-refractivity contribution in [2.75, 3.05) is 0 Å². The smallest absolute Gasteiger partial charge is 0.385 e. The third kappa shape index (κ3) is 2.80. The summed E-state index contributed by atoms with van der Waals surface area (Å²) in [5, 5.41) is 0. The standard InChI is InChI=1S/C5H2F3IN2O/c6-5(7,8)12-4-3(9)10-1-2-11-4/h1-2H. The van der Waals surface area contributed by atoms with Crippen molar-refractivity contribution in [2.24, 2.45) is 0 Å². The minimum Gasteiger partial charge on any atom is -0.385 e. The number of alkyl halides is 3. The summed E-state index contributed by atoms with van der Waals surface area (Å²) in [4.78, 5) is 6.91. The largest absolute Gasteiger partial charge is 0.574 e. The van der Waals surface area contributed by atoms with Crippen LogP contribution in [0.3, 0.4) is 0 Å². The van der Waals surface area contributed by atoms with Gasteiger partial charge in [-0.15, -0.1) is 13.2 Å². The van der Waals surface area contributed by atoms with Crippen molar-refractivity contribution in [3.63, 3.8) is 0 Å². The lowest BCUT2D eigenvalue weighted by Gasteiger charge is -2.07. The number of hydrogen-bond acceptors (Lipinski definition) is 3. The highest BCUT2D eigenvalue weighted by atomic mass is 127. The van der Waals surface area contributed by atoms with E-state index in [9.17, 15) is 13.2 Å². The van der Waals surface area contributed by atoms with Crippen LogP contribution in [0.15, 0.2) is 12.4 Å². The molecule has 66 valence electrons. The molecule has 12 heavy (non-hydrogen) atoms. The molecule has 3 nitrogen and oxygen atoms in total. The molecule has 0 fully saturated rings. The first-order valence-corrected chi connectivity index (χ1v) is 3.79. The Hall–Kier alpha value is -0.600. The highest BCUT2D eigenvalue weighted by molar-refractivity contribution is 14.1. The number of nitrogens with zero attached hydrogens (tertiary/aromatic N) is 2. The fourth-order valence-corrected chi connectivity index (χ4v) is 0.897. The first kappa shape index (κ1) is 9.49. The van der Waals surface area contributed by atoms with Gasteiger partial charge in [-0.2, -0.15) is 0 Å². The topological polar surface area (TPSA) is 35.0 Å². The fourth-order valence-electron chi connectivity index (χ4n) is 0.486. The van der Waals surface area contributed by atoms with Gasteiger partial charge >= 0.3 is 6.36 Å². The van der Waals surface area contributed by atoms with E-state index in [-0.39, 0.29) is 3.70 Å². The van der Waals surface area contributed by atoms with Crippen LogP contribution in [0.4, 0.5) is 13.2 Å². The van der Waals surface area contributed by atoms with E-state index in [2.05, 4.69) is 14.7 Å². The van der Waals surface area contributed by atoms with Gasteiger partial charge in [0.1, 0.15) is 0 Å². The lowest BCUT2D eigenvalue weighted by Crippen LogP contribution is -2.18. The Kier molecular flexibility index (Phi) is 2.70. The Labute approximate surface area is 79.1 Å². The second-order valence-electron chi connectivity index (χ2n) is 1.70. The second-order valence-corrected chi connectivity index (χ2v) is 2.72. The Morgan fingerprint density at radius 1 is 1.25 bits per heavy atom. The highest BCUT2D eigenvalue weighted by Gasteiger charge is 2.32. The molecule has 0 aliphatic heterocycles. The highest BCUT2D eigenvalue weighted by Crippen LogP contribution is 2.23. The van der Waals surface area contributed by atoms with Crippen LogP contribution in [0.25, 0.3) is 0 Å². The van der Waals surface area contributed by atoms with Crippen molar-refractivity contribution in [3.05, 3.63) is 16.1 Å².